The maximum atomic E-state index is 6.17. The average Bonchev–Trinajstić information content (AvgIpc) is 2.40. The third kappa shape index (κ3) is 3.23. The first-order chi connectivity index (χ1) is 7.77. The van der Waals surface area contributed by atoms with Gasteiger partial charge in [-0.1, -0.05) is 45.4 Å². The molecule has 0 spiro atoms. The Balaban J connectivity index is 0.00000144. The second-order valence-corrected chi connectivity index (χ2v) is 6.38. The second kappa shape index (κ2) is 6.75. The van der Waals surface area contributed by atoms with Crippen LogP contribution in [0.1, 0.15) is 71.1 Å². The van der Waals surface area contributed by atoms with Gasteiger partial charge in [0.1, 0.15) is 0 Å². The number of nitrogens with two attached hydrogens (primary N) is 1. The van der Waals surface area contributed by atoms with Crippen molar-refractivity contribution in [2.24, 2.45) is 23.0 Å². The first kappa shape index (κ1) is 15.0. The van der Waals surface area contributed by atoms with Crippen LogP contribution in [0.5, 0.6) is 0 Å². The third-order valence-electron chi connectivity index (χ3n) is 5.52. The zero-order valence-corrected chi connectivity index (χ0v) is 11.5. The summed E-state index contributed by atoms with van der Waals surface area (Å²) in [5, 5.41) is 0. The maximum absolute atomic E-state index is 6.17. The van der Waals surface area contributed by atoms with Crippen molar-refractivity contribution in [1.29, 1.82) is 0 Å². The molecule has 2 rings (SSSR count). The van der Waals surface area contributed by atoms with Gasteiger partial charge >= 0.3 is 0 Å². The summed E-state index contributed by atoms with van der Waals surface area (Å²) in [6.45, 7) is 3.42. The molecule has 0 aromatic carbocycles. The summed E-state index contributed by atoms with van der Waals surface area (Å²) in [6, 6.07) is 0. The fourth-order valence-corrected chi connectivity index (χ4v) is 4.19. The van der Waals surface area contributed by atoms with Crippen LogP contribution in [0.15, 0.2) is 0 Å². The lowest BCUT2D eigenvalue weighted by Crippen LogP contribution is -2.43. The topological polar surface area (TPSA) is 57.5 Å². The van der Waals surface area contributed by atoms with Gasteiger partial charge in [-0.15, -0.1) is 0 Å². The highest BCUT2D eigenvalue weighted by molar-refractivity contribution is 4.91. The van der Waals surface area contributed by atoms with Gasteiger partial charge in [-0.2, -0.15) is 0 Å². The van der Waals surface area contributed by atoms with Crippen LogP contribution < -0.4 is 5.73 Å². The Morgan fingerprint density at radius 1 is 0.824 bits per heavy atom. The Kier molecular flexibility index (Phi) is 5.94. The minimum atomic E-state index is 0. The Labute approximate surface area is 107 Å². The van der Waals surface area contributed by atoms with Gasteiger partial charge in [0.05, 0.1) is 0 Å². The highest BCUT2D eigenvalue weighted by Gasteiger charge is 2.40. The van der Waals surface area contributed by atoms with E-state index in [4.69, 9.17) is 5.73 Å². The normalized spacial score (nSPS) is 24.4. The van der Waals surface area contributed by atoms with Crippen molar-refractivity contribution >= 4 is 0 Å². The van der Waals surface area contributed by atoms with E-state index in [1.807, 2.05) is 0 Å². The lowest BCUT2D eigenvalue weighted by Gasteiger charge is -2.46. The van der Waals surface area contributed by atoms with Gasteiger partial charge < -0.3 is 11.2 Å². The Morgan fingerprint density at radius 3 is 1.47 bits per heavy atom. The SMILES string of the molecule is CC(CN)(C1CCCCC1)C1CCCCC1.O. The minimum absolute atomic E-state index is 0. The van der Waals surface area contributed by atoms with Gasteiger partial charge in [0.25, 0.3) is 0 Å². The van der Waals surface area contributed by atoms with E-state index in [1.54, 1.807) is 0 Å². The van der Waals surface area contributed by atoms with Crippen molar-refractivity contribution < 1.29 is 5.48 Å². The van der Waals surface area contributed by atoms with E-state index < -0.39 is 0 Å². The third-order valence-corrected chi connectivity index (χ3v) is 5.52. The van der Waals surface area contributed by atoms with E-state index in [-0.39, 0.29) is 5.48 Å². The van der Waals surface area contributed by atoms with Gasteiger partial charge in [-0.3, -0.25) is 0 Å². The minimum Gasteiger partial charge on any atom is -0.412 e. The van der Waals surface area contributed by atoms with Gasteiger partial charge in [-0.25, -0.2) is 0 Å². The maximum Gasteiger partial charge on any atom is -0.00179 e. The van der Waals surface area contributed by atoms with E-state index in [0.717, 1.165) is 18.4 Å². The summed E-state index contributed by atoms with van der Waals surface area (Å²) in [4.78, 5) is 0. The van der Waals surface area contributed by atoms with Gasteiger partial charge in [0, 0.05) is 0 Å². The van der Waals surface area contributed by atoms with Crippen LogP contribution >= 0.6 is 0 Å². The predicted octanol–water partition coefficient (Wildman–Crippen LogP) is 3.29. The molecular weight excluding hydrogens is 210 g/mol. The first-order valence-electron chi connectivity index (χ1n) is 7.47. The molecule has 0 unspecified atom stereocenters. The van der Waals surface area contributed by atoms with Crippen LogP contribution in [0.2, 0.25) is 0 Å². The molecule has 0 radical (unpaired) electrons. The fraction of sp³-hybridized carbons (Fsp3) is 1.00. The highest BCUT2D eigenvalue weighted by Crippen LogP contribution is 2.47. The van der Waals surface area contributed by atoms with Crippen LogP contribution in [0, 0.1) is 17.3 Å². The van der Waals surface area contributed by atoms with Crippen LogP contribution in [0.25, 0.3) is 0 Å². The summed E-state index contributed by atoms with van der Waals surface area (Å²) in [5.41, 5.74) is 6.63. The molecule has 0 amide bonds. The zero-order valence-electron chi connectivity index (χ0n) is 11.5. The van der Waals surface area contributed by atoms with Crippen molar-refractivity contribution in [1.82, 2.24) is 0 Å². The largest absolute Gasteiger partial charge is 0.412 e. The molecule has 2 nitrogen and oxygen atoms in total. The summed E-state index contributed by atoms with van der Waals surface area (Å²) in [7, 11) is 0. The number of hydrogen-bond donors (Lipinski definition) is 1. The Morgan fingerprint density at radius 2 is 1.18 bits per heavy atom. The monoisotopic (exact) mass is 241 g/mol. The molecule has 2 aliphatic rings. The molecule has 2 aliphatic carbocycles. The van der Waals surface area contributed by atoms with Crippen molar-refractivity contribution in [3.63, 3.8) is 0 Å². The van der Waals surface area contributed by atoms with E-state index >= 15 is 0 Å². The van der Waals surface area contributed by atoms with Crippen molar-refractivity contribution in [2.45, 2.75) is 71.1 Å². The highest BCUT2D eigenvalue weighted by atomic mass is 16.0. The molecule has 0 saturated heterocycles. The average molecular weight is 241 g/mol. The summed E-state index contributed by atoms with van der Waals surface area (Å²) >= 11 is 0. The molecule has 17 heavy (non-hydrogen) atoms. The summed E-state index contributed by atoms with van der Waals surface area (Å²) in [6.07, 6.45) is 14.5. The zero-order chi connectivity index (χ0) is 11.4. The molecule has 0 aromatic heterocycles. The Hall–Kier alpha value is -0.0800. The van der Waals surface area contributed by atoms with Crippen molar-refractivity contribution in [2.75, 3.05) is 6.54 Å². The molecule has 0 aliphatic heterocycles. The first-order valence-corrected chi connectivity index (χ1v) is 7.47. The van der Waals surface area contributed by atoms with Gasteiger partial charge in [0.15, 0.2) is 0 Å². The van der Waals surface area contributed by atoms with Gasteiger partial charge in [0.2, 0.25) is 0 Å². The molecule has 102 valence electrons. The molecule has 2 heteroatoms. The predicted molar refractivity (Wildman–Crippen MR) is 73.9 cm³/mol. The molecule has 2 fully saturated rings. The molecular formula is C15H31NO. The quantitative estimate of drug-likeness (QED) is 0.810. The lowest BCUT2D eigenvalue weighted by atomic mass is 9.60. The number of hydrogen-bond acceptors (Lipinski definition) is 1. The van der Waals surface area contributed by atoms with E-state index in [0.29, 0.717) is 5.41 Å². The van der Waals surface area contributed by atoms with Crippen LogP contribution in [0.3, 0.4) is 0 Å². The molecule has 4 N–H and O–H groups in total. The second-order valence-electron chi connectivity index (χ2n) is 6.38. The van der Waals surface area contributed by atoms with Crippen LogP contribution in [0.4, 0.5) is 0 Å². The van der Waals surface area contributed by atoms with E-state index in [1.165, 1.54) is 64.2 Å². The molecule has 0 aromatic rings. The standard InChI is InChI=1S/C15H29N.H2O/c1-15(12-16,13-8-4-2-5-9-13)14-10-6-3-7-11-14;/h13-14H,2-12,16H2,1H3;1H2. The lowest BCUT2D eigenvalue weighted by molar-refractivity contribution is 0.0486. The van der Waals surface area contributed by atoms with Crippen LogP contribution in [-0.4, -0.2) is 12.0 Å². The van der Waals surface area contributed by atoms with Crippen LogP contribution in [-0.2, 0) is 0 Å². The van der Waals surface area contributed by atoms with E-state index in [2.05, 4.69) is 6.92 Å². The van der Waals surface area contributed by atoms with E-state index in [9.17, 15) is 0 Å². The fourth-order valence-electron chi connectivity index (χ4n) is 4.19. The van der Waals surface area contributed by atoms with Gasteiger partial charge in [-0.05, 0) is 49.5 Å². The smallest absolute Gasteiger partial charge is 0.00179 e. The molecule has 0 bridgehead atoms. The number of rotatable bonds is 3. The Bertz CT molecular complexity index is 187. The molecule has 0 atom stereocenters. The molecule has 2 saturated carbocycles. The van der Waals surface area contributed by atoms with Crippen molar-refractivity contribution in [3.8, 4) is 0 Å². The molecule has 0 heterocycles. The van der Waals surface area contributed by atoms with Crippen molar-refractivity contribution in [3.05, 3.63) is 0 Å². The summed E-state index contributed by atoms with van der Waals surface area (Å²) < 4.78 is 0. The summed E-state index contributed by atoms with van der Waals surface area (Å²) in [5.74, 6) is 1.85.